The molecule has 0 radical (unpaired) electrons. The second kappa shape index (κ2) is 10.0. The Morgan fingerprint density at radius 3 is 2.35 bits per heavy atom. The van der Waals surface area contributed by atoms with Gasteiger partial charge in [-0.05, 0) is 36.1 Å². The summed E-state index contributed by atoms with van der Waals surface area (Å²) in [6.07, 6.45) is 2.92. The quantitative estimate of drug-likeness (QED) is 0.402. The van der Waals surface area contributed by atoms with Gasteiger partial charge in [0.25, 0.3) is 0 Å². The number of hydroxylamine groups is 2. The molecule has 0 bridgehead atoms. The fourth-order valence-corrected chi connectivity index (χ4v) is 2.31. The van der Waals surface area contributed by atoms with Crippen LogP contribution in [0.3, 0.4) is 0 Å². The van der Waals surface area contributed by atoms with Gasteiger partial charge in [0.1, 0.15) is 12.4 Å². The first kappa shape index (κ1) is 19.2. The molecule has 0 heterocycles. The average molecular weight is 355 g/mol. The molecule has 0 aromatic heterocycles. The second-order valence-electron chi connectivity index (χ2n) is 5.47. The number of rotatable bonds is 10. The lowest BCUT2D eigenvalue weighted by molar-refractivity contribution is -0.171. The topological polar surface area (TPSA) is 76.1 Å². The standard InChI is InChI=1S/C20H21NO5/c1-25-18-12-10-16(11-13-18)8-5-9-19(20(23)24)21(15-22)26-14-17-6-3-2-4-7-17/h2-4,6-7,9-13,15H,5,8,14H2,1H3,(H,23,24)/b19-9+. The van der Waals surface area contributed by atoms with E-state index in [0.29, 0.717) is 19.3 Å². The number of carbonyl (C=O) groups excluding carboxylic acids is 1. The Kier molecular flexibility index (Phi) is 7.39. The van der Waals surface area contributed by atoms with Crippen LogP contribution in [0.25, 0.3) is 0 Å². The molecule has 2 aromatic carbocycles. The molecule has 0 saturated heterocycles. The van der Waals surface area contributed by atoms with Gasteiger partial charge in [-0.15, -0.1) is 0 Å². The van der Waals surface area contributed by atoms with E-state index in [1.54, 1.807) is 7.11 Å². The number of methoxy groups -OCH3 is 1. The van der Waals surface area contributed by atoms with Crippen LogP contribution in [-0.2, 0) is 27.5 Å². The largest absolute Gasteiger partial charge is 0.497 e. The van der Waals surface area contributed by atoms with E-state index in [0.717, 1.165) is 21.9 Å². The van der Waals surface area contributed by atoms with E-state index >= 15 is 0 Å². The molecule has 136 valence electrons. The molecule has 6 nitrogen and oxygen atoms in total. The molecule has 0 fully saturated rings. The van der Waals surface area contributed by atoms with Crippen molar-refractivity contribution in [2.75, 3.05) is 7.11 Å². The summed E-state index contributed by atoms with van der Waals surface area (Å²) in [5.74, 6) is -0.461. The molecule has 0 saturated carbocycles. The SMILES string of the molecule is COc1ccc(CC/C=C(\C(=O)O)N(C=O)OCc2ccccc2)cc1. The van der Waals surface area contributed by atoms with Crippen molar-refractivity contribution in [1.29, 1.82) is 0 Å². The van der Waals surface area contributed by atoms with Gasteiger partial charge in [-0.1, -0.05) is 48.5 Å². The molecular formula is C20H21NO5. The Bertz CT molecular complexity index is 741. The van der Waals surface area contributed by atoms with E-state index in [-0.39, 0.29) is 12.3 Å². The zero-order valence-corrected chi connectivity index (χ0v) is 14.5. The number of nitrogens with zero attached hydrogens (tertiary/aromatic N) is 1. The Labute approximate surface area is 152 Å². The van der Waals surface area contributed by atoms with Gasteiger partial charge in [-0.3, -0.25) is 9.63 Å². The minimum Gasteiger partial charge on any atom is -0.497 e. The minimum absolute atomic E-state index is 0.0999. The number of amides is 1. The van der Waals surface area contributed by atoms with Crippen molar-refractivity contribution < 1.29 is 24.3 Å². The highest BCUT2D eigenvalue weighted by atomic mass is 16.7. The summed E-state index contributed by atoms with van der Waals surface area (Å²) in [7, 11) is 1.60. The highest BCUT2D eigenvalue weighted by molar-refractivity contribution is 5.88. The lowest BCUT2D eigenvalue weighted by Crippen LogP contribution is -2.26. The molecule has 26 heavy (non-hydrogen) atoms. The summed E-state index contributed by atoms with van der Waals surface area (Å²) in [5.41, 5.74) is 1.67. The van der Waals surface area contributed by atoms with Crippen LogP contribution in [0.4, 0.5) is 0 Å². The number of hydrogen-bond donors (Lipinski definition) is 1. The summed E-state index contributed by atoms with van der Waals surface area (Å²) in [6.45, 7) is 0.0999. The summed E-state index contributed by atoms with van der Waals surface area (Å²) in [4.78, 5) is 28.1. The van der Waals surface area contributed by atoms with Gasteiger partial charge in [0.15, 0.2) is 5.70 Å². The first-order chi connectivity index (χ1) is 12.6. The highest BCUT2D eigenvalue weighted by Crippen LogP contribution is 2.14. The van der Waals surface area contributed by atoms with Crippen molar-refractivity contribution in [3.05, 3.63) is 77.5 Å². The summed E-state index contributed by atoms with van der Waals surface area (Å²) >= 11 is 0. The molecule has 0 aliphatic rings. The van der Waals surface area contributed by atoms with Crippen LogP contribution in [0.15, 0.2) is 66.4 Å². The third kappa shape index (κ3) is 5.75. The van der Waals surface area contributed by atoms with Gasteiger partial charge < -0.3 is 9.84 Å². The molecule has 1 N–H and O–H groups in total. The van der Waals surface area contributed by atoms with Crippen molar-refractivity contribution in [2.24, 2.45) is 0 Å². The van der Waals surface area contributed by atoms with E-state index in [2.05, 4.69) is 0 Å². The van der Waals surface area contributed by atoms with Gasteiger partial charge in [-0.2, -0.15) is 5.06 Å². The Balaban J connectivity index is 1.98. The molecule has 0 aliphatic heterocycles. The Morgan fingerprint density at radius 2 is 1.77 bits per heavy atom. The number of ether oxygens (including phenoxy) is 1. The summed E-state index contributed by atoms with van der Waals surface area (Å²) in [6, 6.07) is 16.7. The highest BCUT2D eigenvalue weighted by Gasteiger charge is 2.17. The smallest absolute Gasteiger partial charge is 0.354 e. The van der Waals surface area contributed by atoms with Crippen LogP contribution in [0.5, 0.6) is 5.75 Å². The van der Waals surface area contributed by atoms with Gasteiger partial charge in [0.05, 0.1) is 7.11 Å². The van der Waals surface area contributed by atoms with Gasteiger partial charge in [0, 0.05) is 0 Å². The first-order valence-corrected chi connectivity index (χ1v) is 8.11. The zero-order valence-electron chi connectivity index (χ0n) is 14.5. The predicted octanol–water partition coefficient (Wildman–Crippen LogP) is 3.19. The van der Waals surface area contributed by atoms with Crippen LogP contribution < -0.4 is 4.74 Å². The molecule has 0 unspecified atom stereocenters. The van der Waals surface area contributed by atoms with Crippen molar-refractivity contribution in [2.45, 2.75) is 19.4 Å². The average Bonchev–Trinajstić information content (AvgIpc) is 2.68. The summed E-state index contributed by atoms with van der Waals surface area (Å²) in [5, 5.41) is 10.1. The van der Waals surface area contributed by atoms with E-state index in [1.165, 1.54) is 6.08 Å². The molecule has 6 heteroatoms. The van der Waals surface area contributed by atoms with Crippen molar-refractivity contribution in [3.8, 4) is 5.75 Å². The fraction of sp³-hybridized carbons (Fsp3) is 0.200. The third-order valence-corrected chi connectivity index (χ3v) is 3.70. The fourth-order valence-electron chi connectivity index (χ4n) is 2.31. The molecule has 0 spiro atoms. The van der Waals surface area contributed by atoms with Crippen LogP contribution in [0.1, 0.15) is 17.5 Å². The number of carbonyl (C=O) groups is 2. The molecule has 2 aromatic rings. The number of allylic oxidation sites excluding steroid dienone is 1. The molecular weight excluding hydrogens is 334 g/mol. The van der Waals surface area contributed by atoms with Crippen molar-refractivity contribution in [1.82, 2.24) is 5.06 Å². The molecule has 2 rings (SSSR count). The van der Waals surface area contributed by atoms with E-state index in [9.17, 15) is 14.7 Å². The number of aryl methyl sites for hydroxylation is 1. The lowest BCUT2D eigenvalue weighted by Gasteiger charge is -2.17. The monoisotopic (exact) mass is 355 g/mol. The first-order valence-electron chi connectivity index (χ1n) is 8.11. The van der Waals surface area contributed by atoms with Crippen LogP contribution >= 0.6 is 0 Å². The maximum atomic E-state index is 11.5. The molecule has 0 aliphatic carbocycles. The molecule has 0 atom stereocenters. The zero-order chi connectivity index (χ0) is 18.8. The maximum Gasteiger partial charge on any atom is 0.354 e. The van der Waals surface area contributed by atoms with Crippen LogP contribution in [0, 0.1) is 0 Å². The number of hydrogen-bond acceptors (Lipinski definition) is 4. The van der Waals surface area contributed by atoms with Gasteiger partial charge >= 0.3 is 5.97 Å². The number of aliphatic carboxylic acids is 1. The number of carboxylic acid groups (broad SMARTS) is 1. The summed E-state index contributed by atoms with van der Waals surface area (Å²) < 4.78 is 5.10. The van der Waals surface area contributed by atoms with Crippen molar-refractivity contribution in [3.63, 3.8) is 0 Å². The number of benzene rings is 2. The maximum absolute atomic E-state index is 11.5. The van der Waals surface area contributed by atoms with Crippen LogP contribution in [0.2, 0.25) is 0 Å². The van der Waals surface area contributed by atoms with E-state index < -0.39 is 5.97 Å². The Morgan fingerprint density at radius 1 is 1.08 bits per heavy atom. The second-order valence-corrected chi connectivity index (χ2v) is 5.47. The minimum atomic E-state index is -1.22. The third-order valence-electron chi connectivity index (χ3n) is 3.70. The lowest BCUT2D eigenvalue weighted by atomic mass is 10.1. The Hall–Kier alpha value is -3.12. The van der Waals surface area contributed by atoms with E-state index in [1.807, 2.05) is 54.6 Å². The predicted molar refractivity (Wildman–Crippen MR) is 96.2 cm³/mol. The molecule has 1 amide bonds. The van der Waals surface area contributed by atoms with Crippen molar-refractivity contribution >= 4 is 12.4 Å². The van der Waals surface area contributed by atoms with Gasteiger partial charge in [0.2, 0.25) is 6.41 Å². The van der Waals surface area contributed by atoms with Crippen LogP contribution in [-0.4, -0.2) is 29.7 Å². The van der Waals surface area contributed by atoms with E-state index in [4.69, 9.17) is 9.57 Å². The van der Waals surface area contributed by atoms with Gasteiger partial charge in [-0.25, -0.2) is 4.79 Å². The number of carboxylic acids is 1. The normalized spacial score (nSPS) is 11.0.